The molecule has 0 aliphatic carbocycles. The molecule has 2 aromatic heterocycles. The van der Waals surface area contributed by atoms with E-state index in [1.807, 2.05) is 6.92 Å². The summed E-state index contributed by atoms with van der Waals surface area (Å²) in [4.78, 5) is 21.3. The number of halogens is 2. The lowest BCUT2D eigenvalue weighted by atomic mass is 10.1. The second kappa shape index (κ2) is 10.4. The normalized spacial score (nSPS) is 10.9. The fraction of sp³-hybridized carbons (Fsp3) is 0.318. The lowest BCUT2D eigenvalue weighted by Gasteiger charge is -2.14. The average Bonchev–Trinajstić information content (AvgIpc) is 2.75. The number of aryl methyl sites for hydroxylation is 2. The van der Waals surface area contributed by atoms with Crippen molar-refractivity contribution >= 4 is 17.9 Å². The molecule has 164 valence electrons. The first kappa shape index (κ1) is 22.7. The fourth-order valence-corrected chi connectivity index (χ4v) is 3.30. The number of benzene rings is 1. The van der Waals surface area contributed by atoms with Crippen molar-refractivity contribution in [1.82, 2.24) is 14.5 Å². The molecule has 0 fully saturated rings. The van der Waals surface area contributed by atoms with Gasteiger partial charge in [0.2, 0.25) is 5.95 Å². The number of rotatable bonds is 9. The van der Waals surface area contributed by atoms with Gasteiger partial charge < -0.3 is 9.30 Å². The summed E-state index contributed by atoms with van der Waals surface area (Å²) in [6.45, 7) is 6.36. The minimum absolute atomic E-state index is 0.0711. The molecular formula is C22H24F2N4O2S. The molecule has 0 atom stereocenters. The monoisotopic (exact) mass is 446 g/mol. The first-order chi connectivity index (χ1) is 14.9. The Kier molecular flexibility index (Phi) is 7.62. The summed E-state index contributed by atoms with van der Waals surface area (Å²) >= 11 is 1.43. The van der Waals surface area contributed by atoms with Crippen LogP contribution in [0.1, 0.15) is 32.3 Å². The second-order valence-corrected chi connectivity index (χ2v) is 7.95. The van der Waals surface area contributed by atoms with Gasteiger partial charge in [-0.3, -0.25) is 9.52 Å². The Morgan fingerprint density at radius 2 is 2.00 bits per heavy atom. The molecule has 3 aromatic rings. The van der Waals surface area contributed by atoms with Crippen LogP contribution in [0.5, 0.6) is 11.5 Å². The third-order valence-corrected chi connectivity index (χ3v) is 5.08. The molecule has 0 unspecified atom stereocenters. The highest BCUT2D eigenvalue weighted by Crippen LogP contribution is 2.33. The van der Waals surface area contributed by atoms with Crippen LogP contribution in [0.15, 0.2) is 41.5 Å². The predicted octanol–water partition coefficient (Wildman–Crippen LogP) is 5.56. The van der Waals surface area contributed by atoms with Gasteiger partial charge in [-0.25, -0.2) is 18.7 Å². The molecule has 9 heteroatoms. The highest BCUT2D eigenvalue weighted by molar-refractivity contribution is 8.00. The van der Waals surface area contributed by atoms with Gasteiger partial charge in [-0.1, -0.05) is 32.2 Å². The van der Waals surface area contributed by atoms with Crippen LogP contribution in [-0.4, -0.2) is 20.3 Å². The molecule has 0 saturated heterocycles. The number of nitrogens with zero attached hydrogens (tertiary/aromatic N) is 3. The van der Waals surface area contributed by atoms with Crippen LogP contribution in [0.4, 0.5) is 14.7 Å². The number of pyridine rings is 1. The SMILES string of the molecule is CCCCn1cc(-c2nc(NSCC)ncc2Oc2ccc(F)cc2F)cc(C)c1=O. The first-order valence-electron chi connectivity index (χ1n) is 10.0. The Bertz CT molecular complexity index is 1120. The molecule has 2 heterocycles. The van der Waals surface area contributed by atoms with E-state index in [0.717, 1.165) is 30.7 Å². The predicted molar refractivity (Wildman–Crippen MR) is 120 cm³/mol. The number of hydrogen-bond donors (Lipinski definition) is 1. The van der Waals surface area contributed by atoms with E-state index < -0.39 is 11.6 Å². The fourth-order valence-electron chi connectivity index (χ4n) is 2.92. The van der Waals surface area contributed by atoms with Crippen LogP contribution >= 0.6 is 11.9 Å². The van der Waals surface area contributed by atoms with Crippen LogP contribution in [0.25, 0.3) is 11.3 Å². The maximum Gasteiger partial charge on any atom is 0.253 e. The Labute approximate surface area is 183 Å². The van der Waals surface area contributed by atoms with Crippen molar-refractivity contribution in [3.8, 4) is 22.8 Å². The molecule has 3 rings (SSSR count). The number of anilines is 1. The summed E-state index contributed by atoms with van der Waals surface area (Å²) in [7, 11) is 0. The number of nitrogens with one attached hydrogen (secondary N) is 1. The minimum atomic E-state index is -0.834. The standard InChI is InChI=1S/C22H24F2N4O2S/c1-4-6-9-28-13-15(10-14(3)21(28)29)20-19(12-25-22(26-20)27-31-5-2)30-18-8-7-16(23)11-17(18)24/h7-8,10-13H,4-6,9H2,1-3H3,(H,25,26,27). The van der Waals surface area contributed by atoms with Gasteiger partial charge in [-0.15, -0.1) is 0 Å². The molecule has 0 aliphatic rings. The third-order valence-electron chi connectivity index (χ3n) is 4.47. The van der Waals surface area contributed by atoms with Gasteiger partial charge in [0.1, 0.15) is 11.5 Å². The largest absolute Gasteiger partial charge is 0.450 e. The highest BCUT2D eigenvalue weighted by atomic mass is 32.2. The van der Waals surface area contributed by atoms with Crippen molar-refractivity contribution in [3.63, 3.8) is 0 Å². The van der Waals surface area contributed by atoms with Gasteiger partial charge in [0.15, 0.2) is 17.3 Å². The molecule has 0 radical (unpaired) electrons. The summed E-state index contributed by atoms with van der Waals surface area (Å²) in [5, 5.41) is 0. The minimum Gasteiger partial charge on any atom is -0.450 e. The topological polar surface area (TPSA) is 69.0 Å². The van der Waals surface area contributed by atoms with Gasteiger partial charge in [-0.05, 0) is 31.5 Å². The van der Waals surface area contributed by atoms with E-state index in [4.69, 9.17) is 4.74 Å². The molecule has 0 spiro atoms. The van der Waals surface area contributed by atoms with Gasteiger partial charge >= 0.3 is 0 Å². The Balaban J connectivity index is 2.09. The maximum atomic E-state index is 14.2. The van der Waals surface area contributed by atoms with Crippen molar-refractivity contribution in [2.24, 2.45) is 0 Å². The summed E-state index contributed by atoms with van der Waals surface area (Å²) in [5.41, 5.74) is 1.52. The average molecular weight is 447 g/mol. The summed E-state index contributed by atoms with van der Waals surface area (Å²) in [6.07, 6.45) is 4.96. The zero-order valence-electron chi connectivity index (χ0n) is 17.6. The van der Waals surface area contributed by atoms with Crippen LogP contribution in [-0.2, 0) is 6.54 Å². The van der Waals surface area contributed by atoms with Gasteiger partial charge in [0.05, 0.1) is 6.20 Å². The number of hydrogen-bond acceptors (Lipinski definition) is 6. The lowest BCUT2D eigenvalue weighted by Crippen LogP contribution is -2.22. The van der Waals surface area contributed by atoms with Crippen molar-refractivity contribution in [1.29, 1.82) is 0 Å². The molecule has 31 heavy (non-hydrogen) atoms. The Morgan fingerprint density at radius 1 is 1.19 bits per heavy atom. The molecule has 0 saturated carbocycles. The number of ether oxygens (including phenoxy) is 1. The zero-order chi connectivity index (χ0) is 22.4. The van der Waals surface area contributed by atoms with Crippen molar-refractivity contribution in [3.05, 3.63) is 64.2 Å². The molecule has 0 bridgehead atoms. The highest BCUT2D eigenvalue weighted by Gasteiger charge is 2.16. The van der Waals surface area contributed by atoms with Gasteiger partial charge in [0, 0.05) is 35.7 Å². The number of aromatic nitrogens is 3. The summed E-state index contributed by atoms with van der Waals surface area (Å²) < 4.78 is 37.8. The smallest absolute Gasteiger partial charge is 0.253 e. The first-order valence-corrected chi connectivity index (χ1v) is 11.0. The van der Waals surface area contributed by atoms with E-state index in [2.05, 4.69) is 21.6 Å². The molecule has 1 N–H and O–H groups in total. The Hall–Kier alpha value is -2.94. The Morgan fingerprint density at radius 3 is 2.71 bits per heavy atom. The summed E-state index contributed by atoms with van der Waals surface area (Å²) in [6, 6.07) is 4.79. The number of unbranched alkanes of at least 4 members (excludes halogenated alkanes) is 1. The molecule has 0 aliphatic heterocycles. The lowest BCUT2D eigenvalue weighted by molar-refractivity contribution is 0.436. The second-order valence-electron chi connectivity index (χ2n) is 6.88. The van der Waals surface area contributed by atoms with Crippen LogP contribution < -0.4 is 15.0 Å². The van der Waals surface area contributed by atoms with Crippen LogP contribution in [0, 0.1) is 18.6 Å². The van der Waals surface area contributed by atoms with E-state index in [1.165, 1.54) is 24.2 Å². The van der Waals surface area contributed by atoms with E-state index in [0.29, 0.717) is 29.3 Å². The zero-order valence-corrected chi connectivity index (χ0v) is 18.4. The van der Waals surface area contributed by atoms with E-state index >= 15 is 0 Å². The van der Waals surface area contributed by atoms with Crippen LogP contribution in [0.2, 0.25) is 0 Å². The summed E-state index contributed by atoms with van der Waals surface area (Å²) in [5.74, 6) is -0.324. The quantitative estimate of drug-likeness (QED) is 0.434. The van der Waals surface area contributed by atoms with Crippen molar-refractivity contribution in [2.75, 3.05) is 10.5 Å². The van der Waals surface area contributed by atoms with E-state index in [1.54, 1.807) is 23.8 Å². The van der Waals surface area contributed by atoms with E-state index in [9.17, 15) is 13.6 Å². The van der Waals surface area contributed by atoms with Gasteiger partial charge in [-0.2, -0.15) is 0 Å². The molecule has 0 amide bonds. The van der Waals surface area contributed by atoms with Crippen LogP contribution in [0.3, 0.4) is 0 Å². The third kappa shape index (κ3) is 5.61. The molecule has 1 aromatic carbocycles. The van der Waals surface area contributed by atoms with E-state index in [-0.39, 0.29) is 17.1 Å². The van der Waals surface area contributed by atoms with Crippen molar-refractivity contribution < 1.29 is 13.5 Å². The maximum absolute atomic E-state index is 14.2. The van der Waals surface area contributed by atoms with Gasteiger partial charge in [0.25, 0.3) is 5.56 Å². The molecular weight excluding hydrogens is 422 g/mol. The molecule has 6 nitrogen and oxygen atoms in total. The van der Waals surface area contributed by atoms with Crippen molar-refractivity contribution in [2.45, 2.75) is 40.2 Å².